The largest absolute Gasteiger partial charge is 0.481 e. The van der Waals surface area contributed by atoms with Gasteiger partial charge in [-0.05, 0) is 97.3 Å². The average Bonchev–Trinajstić information content (AvgIpc) is 3.51. The molecular weight excluding hydrogens is 574 g/mol. The highest BCUT2D eigenvalue weighted by atomic mass is 16.5. The minimum absolute atomic E-state index is 0.0668. The molecule has 3 saturated carbocycles. The van der Waals surface area contributed by atoms with Crippen LogP contribution in [0.2, 0.25) is 0 Å². The fourth-order valence-electron chi connectivity index (χ4n) is 12.1. The maximum Gasteiger partial charge on any atom is 0.307 e. The van der Waals surface area contributed by atoms with Crippen LogP contribution >= 0.6 is 0 Å². The molecule has 258 valence electrons. The molecule has 4 aliphatic carbocycles. The lowest BCUT2D eigenvalue weighted by atomic mass is 9.34. The van der Waals surface area contributed by atoms with Crippen molar-refractivity contribution in [3.05, 3.63) is 30.1 Å². The average molecular weight is 638 g/mol. The van der Waals surface area contributed by atoms with Crippen LogP contribution in [0.3, 0.4) is 0 Å². The van der Waals surface area contributed by atoms with E-state index in [4.69, 9.17) is 20.3 Å². The number of aromatic nitrogens is 2. The molecule has 7 nitrogen and oxygen atoms in total. The number of carbonyl (C=O) groups is 1. The van der Waals surface area contributed by atoms with Crippen LogP contribution in [0.15, 0.2) is 30.1 Å². The van der Waals surface area contributed by atoms with Crippen LogP contribution in [0, 0.1) is 62.6 Å². The number of aliphatic carboxylic acids is 1. The van der Waals surface area contributed by atoms with Gasteiger partial charge in [-0.3, -0.25) is 9.48 Å². The van der Waals surface area contributed by atoms with Crippen LogP contribution in [-0.4, -0.2) is 52.3 Å². The number of carboxylic acids is 1. The van der Waals surface area contributed by atoms with Crippen molar-refractivity contribution in [2.24, 2.45) is 68.3 Å². The monoisotopic (exact) mass is 637 g/mol. The third-order valence-electron chi connectivity index (χ3n) is 15.8. The van der Waals surface area contributed by atoms with Crippen molar-refractivity contribution in [2.45, 2.75) is 125 Å². The highest BCUT2D eigenvalue weighted by Gasteiger charge is 2.72. The van der Waals surface area contributed by atoms with E-state index in [1.165, 1.54) is 0 Å². The zero-order valence-corrected chi connectivity index (χ0v) is 30.4. The predicted molar refractivity (Wildman–Crippen MR) is 182 cm³/mol. The highest BCUT2D eigenvalue weighted by molar-refractivity contribution is 5.73. The lowest BCUT2D eigenvalue weighted by Crippen LogP contribution is -2.69. The Morgan fingerprint density at radius 1 is 1.13 bits per heavy atom. The van der Waals surface area contributed by atoms with E-state index in [9.17, 15) is 9.90 Å². The molecule has 46 heavy (non-hydrogen) atoms. The van der Waals surface area contributed by atoms with Crippen molar-refractivity contribution in [2.75, 3.05) is 19.8 Å². The van der Waals surface area contributed by atoms with E-state index in [1.807, 2.05) is 12.3 Å². The van der Waals surface area contributed by atoms with Gasteiger partial charge in [-0.25, -0.2) is 0 Å². The van der Waals surface area contributed by atoms with Gasteiger partial charge in [-0.2, -0.15) is 5.10 Å². The molecule has 7 heteroatoms. The van der Waals surface area contributed by atoms with Crippen LogP contribution in [0.5, 0.6) is 0 Å². The molecule has 0 radical (unpaired) electrons. The summed E-state index contributed by atoms with van der Waals surface area (Å²) < 4.78 is 15.8. The van der Waals surface area contributed by atoms with Gasteiger partial charge >= 0.3 is 5.97 Å². The van der Waals surface area contributed by atoms with Gasteiger partial charge in [0.15, 0.2) is 0 Å². The molecule has 3 N–H and O–H groups in total. The van der Waals surface area contributed by atoms with E-state index in [0.717, 1.165) is 45.1 Å². The SMILES string of the molecule is CC(C)[C@@H](C)[C@@]1(C)CC[C@]2(C)[C@H]3CC[C@@H]4[C@@]5(COC[C@]4(C)[C@@H](OC[C@](C)(N)C(C)C)[C@H](n4cccn4)C5)C3=CC[C@@]2(C)[C@@H]1C(=O)O. The molecule has 4 fully saturated rings. The summed E-state index contributed by atoms with van der Waals surface area (Å²) in [7, 11) is 0. The first-order chi connectivity index (χ1) is 21.4. The van der Waals surface area contributed by atoms with E-state index in [-0.39, 0.29) is 45.1 Å². The summed E-state index contributed by atoms with van der Waals surface area (Å²) in [6.45, 7) is 24.6. The predicted octanol–water partition coefficient (Wildman–Crippen LogP) is 7.77. The summed E-state index contributed by atoms with van der Waals surface area (Å²) in [6.07, 6.45) is 12.4. The molecule has 0 unspecified atom stereocenters. The Hall–Kier alpha value is -1.70. The molecule has 2 bridgehead atoms. The molecular formula is C39H63N3O4. The number of allylic oxidation sites excluding steroid dienone is 1. The number of hydrogen-bond donors (Lipinski definition) is 2. The fraction of sp³-hybridized carbons (Fsp3) is 0.846. The van der Waals surface area contributed by atoms with E-state index in [0.29, 0.717) is 42.8 Å². The van der Waals surface area contributed by atoms with Gasteiger partial charge in [0.1, 0.15) is 0 Å². The van der Waals surface area contributed by atoms with Gasteiger partial charge in [0.25, 0.3) is 0 Å². The number of hydrogen-bond acceptors (Lipinski definition) is 5. The van der Waals surface area contributed by atoms with Gasteiger partial charge < -0.3 is 20.3 Å². The molecule has 1 aromatic rings. The van der Waals surface area contributed by atoms with Gasteiger partial charge in [-0.15, -0.1) is 0 Å². The van der Waals surface area contributed by atoms with Crippen LogP contribution in [0.25, 0.3) is 0 Å². The minimum atomic E-state index is -0.606. The first-order valence-electron chi connectivity index (χ1n) is 18.3. The van der Waals surface area contributed by atoms with E-state index in [1.54, 1.807) is 5.57 Å². The maximum atomic E-state index is 13.4. The molecule has 1 saturated heterocycles. The van der Waals surface area contributed by atoms with Crippen LogP contribution in [0.4, 0.5) is 0 Å². The first kappa shape index (κ1) is 34.2. The smallest absolute Gasteiger partial charge is 0.307 e. The molecule has 6 rings (SSSR count). The standard InChI is InChI=1S/C39H63N3O4/c1-24(2)26(5)34(6)16-17-36(8)27-12-13-30-35(7)21-45-23-39(30,28(27)14-15-37(36,9)31(34)33(43)44)20-29(42-19-11-18-41-42)32(35)46-22-38(10,40)25(3)4/h11,14,18-19,24-27,29-32H,12-13,15-17,20-23,40H2,1-10H3,(H,43,44)/t26-,27+,29-,30+,31-,32+,34-,35+,36-,37+,38+,39+/m1/s1. The molecule has 0 spiro atoms. The van der Waals surface area contributed by atoms with Crippen molar-refractivity contribution < 1.29 is 19.4 Å². The van der Waals surface area contributed by atoms with Crippen LogP contribution in [0.1, 0.15) is 114 Å². The van der Waals surface area contributed by atoms with Gasteiger partial charge in [0, 0.05) is 28.8 Å². The summed E-state index contributed by atoms with van der Waals surface area (Å²) in [5.41, 5.74) is 6.92. The van der Waals surface area contributed by atoms with E-state index < -0.39 is 11.5 Å². The molecule has 2 heterocycles. The number of rotatable bonds is 8. The Morgan fingerprint density at radius 3 is 2.46 bits per heavy atom. The number of nitrogens with two attached hydrogens (primary N) is 1. The number of ether oxygens (including phenoxy) is 2. The summed E-state index contributed by atoms with van der Waals surface area (Å²) in [5.74, 6) is 0.845. The normalized spacial score (nSPS) is 45.7. The zero-order valence-electron chi connectivity index (χ0n) is 30.4. The van der Waals surface area contributed by atoms with E-state index >= 15 is 0 Å². The second kappa shape index (κ2) is 11.2. The Labute approximate surface area is 278 Å². The Balaban J connectivity index is 1.43. The number of carboxylic acid groups (broad SMARTS) is 1. The van der Waals surface area contributed by atoms with Crippen molar-refractivity contribution in [1.29, 1.82) is 0 Å². The molecule has 1 aliphatic heterocycles. The second-order valence-electron chi connectivity index (χ2n) is 18.5. The lowest BCUT2D eigenvalue weighted by Gasteiger charge is -2.71. The summed E-state index contributed by atoms with van der Waals surface area (Å²) in [5, 5.41) is 15.8. The third-order valence-corrected chi connectivity index (χ3v) is 15.8. The first-order valence-corrected chi connectivity index (χ1v) is 18.3. The third kappa shape index (κ3) is 4.60. The number of nitrogens with zero attached hydrogens (tertiary/aromatic N) is 2. The van der Waals surface area contributed by atoms with Crippen molar-refractivity contribution in [3.63, 3.8) is 0 Å². The zero-order chi connectivity index (χ0) is 33.7. The fourth-order valence-corrected chi connectivity index (χ4v) is 12.1. The van der Waals surface area contributed by atoms with Gasteiger partial charge in [0.2, 0.25) is 0 Å². The molecule has 0 amide bonds. The van der Waals surface area contributed by atoms with Crippen molar-refractivity contribution in [1.82, 2.24) is 9.78 Å². The lowest BCUT2D eigenvalue weighted by molar-refractivity contribution is -0.252. The van der Waals surface area contributed by atoms with Crippen molar-refractivity contribution in [3.8, 4) is 0 Å². The second-order valence-corrected chi connectivity index (χ2v) is 18.5. The summed E-state index contributed by atoms with van der Waals surface area (Å²) in [4.78, 5) is 13.4. The Kier molecular flexibility index (Phi) is 8.29. The van der Waals surface area contributed by atoms with Crippen LogP contribution < -0.4 is 5.73 Å². The molecule has 1 aromatic heterocycles. The maximum absolute atomic E-state index is 13.4. The minimum Gasteiger partial charge on any atom is -0.481 e. The molecule has 12 atom stereocenters. The summed E-state index contributed by atoms with van der Waals surface area (Å²) >= 11 is 0. The van der Waals surface area contributed by atoms with Gasteiger partial charge in [-0.1, -0.05) is 74.0 Å². The molecule has 5 aliphatic rings. The Morgan fingerprint density at radius 2 is 1.85 bits per heavy atom. The van der Waals surface area contributed by atoms with Crippen LogP contribution in [-0.2, 0) is 14.3 Å². The Bertz CT molecular complexity index is 1340. The summed E-state index contributed by atoms with van der Waals surface area (Å²) in [6, 6.07) is 2.09. The van der Waals surface area contributed by atoms with E-state index in [2.05, 4.69) is 86.2 Å². The highest BCUT2D eigenvalue weighted by Crippen LogP contribution is 2.75. The number of fused-ring (bicyclic) bond motifs is 3. The molecule has 0 aromatic carbocycles. The van der Waals surface area contributed by atoms with Crippen molar-refractivity contribution >= 4 is 5.97 Å². The topological polar surface area (TPSA) is 99.6 Å². The quantitative estimate of drug-likeness (QED) is 0.283. The van der Waals surface area contributed by atoms with Gasteiger partial charge in [0.05, 0.1) is 37.9 Å².